The number of nitrogens with one attached hydrogen (secondary N) is 2. The standard InChI is InChI=1S/C33H36ClN7O3/c1-32(2,3)43-31(42)40-15-12-33(13-16-40)14-17-41(39-44-33)27-19-26(20-35-21-27)37-30-36-22-28(34)29(38-30)25-11-7-10-24(18-25)23-8-5-4-6-9-23/h4-11,18-22,39H,12-17H2,1-3H3,(H,36,37,38). The zero-order valence-electron chi connectivity index (χ0n) is 25.1. The summed E-state index contributed by atoms with van der Waals surface area (Å²) in [5, 5.41) is 5.66. The normalized spacial score (nSPS) is 16.5. The largest absolute Gasteiger partial charge is 0.444 e. The minimum atomic E-state index is -0.510. The number of aromatic nitrogens is 3. The molecule has 2 aliphatic rings. The molecule has 2 aliphatic heterocycles. The molecule has 0 radical (unpaired) electrons. The summed E-state index contributed by atoms with van der Waals surface area (Å²) < 4.78 is 5.53. The van der Waals surface area contributed by atoms with Crippen molar-refractivity contribution in [3.63, 3.8) is 0 Å². The van der Waals surface area contributed by atoms with Crippen LogP contribution in [-0.4, -0.2) is 56.8 Å². The molecule has 2 fully saturated rings. The van der Waals surface area contributed by atoms with Crippen LogP contribution < -0.4 is 15.9 Å². The van der Waals surface area contributed by atoms with Crippen LogP contribution >= 0.6 is 11.6 Å². The molecule has 2 aromatic carbocycles. The van der Waals surface area contributed by atoms with E-state index in [2.05, 4.69) is 45.1 Å². The average Bonchev–Trinajstić information content (AvgIpc) is 3.02. The number of anilines is 3. The lowest BCUT2D eigenvalue weighted by Gasteiger charge is -2.46. The van der Waals surface area contributed by atoms with Crippen molar-refractivity contribution in [3.05, 3.63) is 84.3 Å². The molecule has 44 heavy (non-hydrogen) atoms. The summed E-state index contributed by atoms with van der Waals surface area (Å²) in [6.07, 6.45) is 7.10. The molecule has 0 atom stereocenters. The van der Waals surface area contributed by atoms with Crippen molar-refractivity contribution >= 4 is 35.0 Å². The first-order valence-corrected chi connectivity index (χ1v) is 15.1. The SMILES string of the molecule is CC(C)(C)OC(=O)N1CCC2(CC1)CCN(c1cncc(Nc3ncc(Cl)c(-c4cccc(-c5ccccc5)c4)n3)c1)NO2. The van der Waals surface area contributed by atoms with Gasteiger partial charge in [-0.05, 0) is 63.3 Å². The van der Waals surface area contributed by atoms with E-state index in [9.17, 15) is 4.79 Å². The zero-order valence-corrected chi connectivity index (χ0v) is 25.8. The number of carbonyl (C=O) groups is 1. The average molecular weight is 614 g/mol. The van der Waals surface area contributed by atoms with Crippen molar-refractivity contribution in [2.45, 2.75) is 51.2 Å². The van der Waals surface area contributed by atoms with Crippen molar-refractivity contribution in [1.82, 2.24) is 25.4 Å². The van der Waals surface area contributed by atoms with Gasteiger partial charge in [0.1, 0.15) is 5.60 Å². The molecule has 1 amide bonds. The van der Waals surface area contributed by atoms with Crippen LogP contribution in [0.15, 0.2) is 79.3 Å². The number of hydrogen-bond donors (Lipinski definition) is 2. The van der Waals surface area contributed by atoms with Crippen molar-refractivity contribution in [3.8, 4) is 22.4 Å². The van der Waals surface area contributed by atoms with E-state index < -0.39 is 5.60 Å². The maximum Gasteiger partial charge on any atom is 0.410 e. The van der Waals surface area contributed by atoms with Gasteiger partial charge in [0, 0.05) is 25.2 Å². The Kier molecular flexibility index (Phi) is 8.40. The van der Waals surface area contributed by atoms with E-state index in [1.807, 2.05) is 62.2 Å². The van der Waals surface area contributed by atoms with Crippen LogP contribution in [0.25, 0.3) is 22.4 Å². The number of nitrogens with zero attached hydrogens (tertiary/aromatic N) is 5. The minimum Gasteiger partial charge on any atom is -0.444 e. The van der Waals surface area contributed by atoms with Gasteiger partial charge in [0.15, 0.2) is 0 Å². The maximum atomic E-state index is 12.5. The summed E-state index contributed by atoms with van der Waals surface area (Å²) in [6.45, 7) is 7.55. The number of pyridine rings is 1. The molecular weight excluding hydrogens is 578 g/mol. The lowest BCUT2D eigenvalue weighted by atomic mass is 9.87. The van der Waals surface area contributed by atoms with Gasteiger partial charge in [0.25, 0.3) is 0 Å². The summed E-state index contributed by atoms with van der Waals surface area (Å²) >= 11 is 6.55. The third-order valence-electron chi connectivity index (χ3n) is 7.77. The summed E-state index contributed by atoms with van der Waals surface area (Å²) in [7, 11) is 0. The predicted molar refractivity (Wildman–Crippen MR) is 171 cm³/mol. The van der Waals surface area contributed by atoms with Crippen LogP contribution in [0.2, 0.25) is 5.02 Å². The first kappa shape index (κ1) is 29.8. The lowest BCUT2D eigenvalue weighted by Crippen LogP contribution is -2.58. The summed E-state index contributed by atoms with van der Waals surface area (Å²) in [6, 6.07) is 20.3. The van der Waals surface area contributed by atoms with Gasteiger partial charge in [0.2, 0.25) is 5.95 Å². The molecule has 4 heterocycles. The van der Waals surface area contributed by atoms with Crippen LogP contribution in [0.1, 0.15) is 40.0 Å². The van der Waals surface area contributed by atoms with Gasteiger partial charge in [-0.3, -0.25) is 14.8 Å². The molecule has 0 bridgehead atoms. The van der Waals surface area contributed by atoms with E-state index in [4.69, 9.17) is 26.2 Å². The Bertz CT molecular complexity index is 1610. The number of rotatable bonds is 5. The second-order valence-corrected chi connectivity index (χ2v) is 12.5. The van der Waals surface area contributed by atoms with Gasteiger partial charge in [-0.25, -0.2) is 14.8 Å². The molecular formula is C33H36ClN7O3. The minimum absolute atomic E-state index is 0.273. The number of carbonyl (C=O) groups excluding carboxylic acids is 1. The summed E-state index contributed by atoms with van der Waals surface area (Å²) in [4.78, 5) is 34.0. The number of hydrazine groups is 1. The van der Waals surface area contributed by atoms with E-state index in [0.29, 0.717) is 29.8 Å². The Hall–Kier alpha value is -4.25. The number of benzene rings is 2. The van der Waals surface area contributed by atoms with E-state index in [-0.39, 0.29) is 11.7 Å². The topological polar surface area (TPSA) is 105 Å². The molecule has 11 heteroatoms. The Labute approximate surface area is 262 Å². The van der Waals surface area contributed by atoms with Crippen LogP contribution in [0.5, 0.6) is 0 Å². The first-order chi connectivity index (χ1) is 21.2. The molecule has 2 aromatic heterocycles. The van der Waals surface area contributed by atoms with Gasteiger partial charge in [-0.2, -0.15) is 0 Å². The molecule has 0 aliphatic carbocycles. The highest BCUT2D eigenvalue weighted by molar-refractivity contribution is 6.32. The zero-order chi connectivity index (χ0) is 30.7. The highest BCUT2D eigenvalue weighted by atomic mass is 35.5. The quantitative estimate of drug-likeness (QED) is 0.246. The van der Waals surface area contributed by atoms with Crippen LogP contribution in [0.3, 0.4) is 0 Å². The van der Waals surface area contributed by atoms with Gasteiger partial charge in [-0.15, -0.1) is 5.59 Å². The van der Waals surface area contributed by atoms with Crippen LogP contribution in [0, 0.1) is 0 Å². The number of halogens is 1. The molecule has 2 N–H and O–H groups in total. The number of hydrogen-bond acceptors (Lipinski definition) is 9. The van der Waals surface area contributed by atoms with Crippen molar-refractivity contribution in [2.24, 2.45) is 0 Å². The third-order valence-corrected chi connectivity index (χ3v) is 8.05. The second-order valence-electron chi connectivity index (χ2n) is 12.1. The van der Waals surface area contributed by atoms with E-state index in [0.717, 1.165) is 53.9 Å². The number of amides is 1. The fourth-order valence-electron chi connectivity index (χ4n) is 5.40. The summed E-state index contributed by atoms with van der Waals surface area (Å²) in [5.41, 5.74) is 7.56. The van der Waals surface area contributed by atoms with E-state index in [1.165, 1.54) is 0 Å². The predicted octanol–water partition coefficient (Wildman–Crippen LogP) is 7.02. The molecule has 10 nitrogen and oxygen atoms in total. The molecule has 4 aromatic rings. The Balaban J connectivity index is 1.10. The third kappa shape index (κ3) is 6.93. The van der Waals surface area contributed by atoms with Crippen molar-refractivity contribution in [1.29, 1.82) is 0 Å². The Morgan fingerprint density at radius 3 is 2.41 bits per heavy atom. The lowest BCUT2D eigenvalue weighted by molar-refractivity contribution is -0.159. The molecule has 0 saturated carbocycles. The summed E-state index contributed by atoms with van der Waals surface area (Å²) in [5.74, 6) is 0.409. The molecule has 2 saturated heterocycles. The molecule has 0 unspecified atom stereocenters. The fraction of sp³-hybridized carbons (Fsp3) is 0.333. The van der Waals surface area contributed by atoms with Gasteiger partial charge in [0.05, 0.1) is 46.3 Å². The molecule has 1 spiro atoms. The van der Waals surface area contributed by atoms with Gasteiger partial charge in [-0.1, -0.05) is 60.1 Å². The second kappa shape index (κ2) is 12.4. The number of likely N-dealkylation sites (tertiary alicyclic amines) is 1. The maximum absolute atomic E-state index is 12.5. The van der Waals surface area contributed by atoms with Crippen LogP contribution in [-0.2, 0) is 9.57 Å². The van der Waals surface area contributed by atoms with Gasteiger partial charge < -0.3 is 15.0 Å². The van der Waals surface area contributed by atoms with Gasteiger partial charge >= 0.3 is 6.09 Å². The number of piperidine rings is 1. The Morgan fingerprint density at radius 2 is 1.68 bits per heavy atom. The fourth-order valence-corrected chi connectivity index (χ4v) is 5.60. The van der Waals surface area contributed by atoms with Crippen molar-refractivity contribution < 1.29 is 14.4 Å². The van der Waals surface area contributed by atoms with Crippen LogP contribution in [0.4, 0.5) is 22.1 Å². The van der Waals surface area contributed by atoms with E-state index in [1.54, 1.807) is 23.5 Å². The Morgan fingerprint density at radius 1 is 0.955 bits per heavy atom. The highest BCUT2D eigenvalue weighted by Gasteiger charge is 2.41. The molecule has 6 rings (SSSR count). The highest BCUT2D eigenvalue weighted by Crippen LogP contribution is 2.34. The first-order valence-electron chi connectivity index (χ1n) is 14.8. The number of ether oxygens (including phenoxy) is 1. The van der Waals surface area contributed by atoms with Crippen molar-refractivity contribution in [2.75, 3.05) is 30.0 Å². The van der Waals surface area contributed by atoms with E-state index >= 15 is 0 Å². The molecule has 228 valence electrons. The smallest absolute Gasteiger partial charge is 0.410 e. The monoisotopic (exact) mass is 613 g/mol.